The van der Waals surface area contributed by atoms with Gasteiger partial charge >= 0.3 is 0 Å². The molecule has 2 aromatic rings. The molecule has 0 spiro atoms. The molecule has 0 radical (unpaired) electrons. The first-order chi connectivity index (χ1) is 15.9. The summed E-state index contributed by atoms with van der Waals surface area (Å²) in [4.78, 5) is 39.1. The zero-order valence-corrected chi connectivity index (χ0v) is 18.5. The highest BCUT2D eigenvalue weighted by molar-refractivity contribution is 6.05. The van der Waals surface area contributed by atoms with Gasteiger partial charge in [0.15, 0.2) is 0 Å². The van der Waals surface area contributed by atoms with E-state index in [0.717, 1.165) is 0 Å². The molecule has 3 amide bonds. The van der Waals surface area contributed by atoms with Crippen LogP contribution < -0.4 is 15.4 Å². The van der Waals surface area contributed by atoms with Crippen LogP contribution in [0.4, 0.5) is 10.1 Å². The zero-order chi connectivity index (χ0) is 23.5. The average Bonchev–Trinajstić information content (AvgIpc) is 2.82. The third kappa shape index (κ3) is 4.83. The van der Waals surface area contributed by atoms with E-state index in [9.17, 15) is 18.8 Å². The first-order valence-electron chi connectivity index (χ1n) is 10.8. The highest BCUT2D eigenvalue weighted by Crippen LogP contribution is 2.32. The Morgan fingerprint density at radius 2 is 1.97 bits per heavy atom. The number of nitrogens with zero attached hydrogens (tertiary/aromatic N) is 1. The van der Waals surface area contributed by atoms with Gasteiger partial charge in [0.25, 0.3) is 11.8 Å². The Kier molecular flexibility index (Phi) is 6.60. The van der Waals surface area contributed by atoms with Crippen molar-refractivity contribution in [3.63, 3.8) is 0 Å². The SMILES string of the molecule is CNC(=O)C[C@@H]1CC[C@@H]2[C@@H](COc3ccc(NC(=O)c4ccccc4F)cc3C(=O)N2C)O1. The van der Waals surface area contributed by atoms with Crippen molar-refractivity contribution in [2.24, 2.45) is 0 Å². The standard InChI is InChI=1S/C24H26FN3O5/c1-26-22(29)12-15-8-9-19-21(33-15)13-32-20-10-7-14(11-17(20)24(31)28(19)2)27-23(30)16-5-3-4-6-18(16)25/h3-7,10-11,15,19,21H,8-9,12-13H2,1-2H3,(H,26,29)(H,27,30)/t15-,19+,21+/m0/s1. The number of hydrogen-bond acceptors (Lipinski definition) is 5. The van der Waals surface area contributed by atoms with Gasteiger partial charge in [0, 0.05) is 19.8 Å². The van der Waals surface area contributed by atoms with Crippen LogP contribution in [0, 0.1) is 5.82 Å². The second-order valence-corrected chi connectivity index (χ2v) is 8.19. The van der Waals surface area contributed by atoms with Gasteiger partial charge in [-0.2, -0.15) is 0 Å². The van der Waals surface area contributed by atoms with Crippen molar-refractivity contribution in [2.45, 2.75) is 37.5 Å². The Balaban J connectivity index is 1.52. The Labute approximate surface area is 191 Å². The molecule has 2 aromatic carbocycles. The van der Waals surface area contributed by atoms with Gasteiger partial charge in [-0.15, -0.1) is 0 Å². The van der Waals surface area contributed by atoms with Gasteiger partial charge in [0.05, 0.1) is 29.7 Å². The summed E-state index contributed by atoms with van der Waals surface area (Å²) in [7, 11) is 3.30. The summed E-state index contributed by atoms with van der Waals surface area (Å²) in [5.74, 6) is -1.23. The Hall–Kier alpha value is -3.46. The van der Waals surface area contributed by atoms with E-state index in [-0.39, 0.29) is 48.7 Å². The molecule has 1 saturated heterocycles. The van der Waals surface area contributed by atoms with E-state index in [4.69, 9.17) is 9.47 Å². The van der Waals surface area contributed by atoms with Crippen molar-refractivity contribution < 1.29 is 28.2 Å². The van der Waals surface area contributed by atoms with Crippen LogP contribution in [0.3, 0.4) is 0 Å². The molecule has 0 saturated carbocycles. The van der Waals surface area contributed by atoms with Crippen molar-refractivity contribution in [3.8, 4) is 5.75 Å². The maximum atomic E-state index is 13.9. The molecule has 2 aliphatic rings. The third-order valence-electron chi connectivity index (χ3n) is 6.08. The lowest BCUT2D eigenvalue weighted by Gasteiger charge is -2.42. The van der Waals surface area contributed by atoms with E-state index in [2.05, 4.69) is 10.6 Å². The van der Waals surface area contributed by atoms with Crippen LogP contribution in [0.25, 0.3) is 0 Å². The molecule has 2 N–H and O–H groups in total. The fraction of sp³-hybridized carbons (Fsp3) is 0.375. The smallest absolute Gasteiger partial charge is 0.258 e. The Morgan fingerprint density at radius 3 is 2.73 bits per heavy atom. The van der Waals surface area contributed by atoms with Gasteiger partial charge < -0.3 is 25.0 Å². The predicted molar refractivity (Wildman–Crippen MR) is 119 cm³/mol. The molecular formula is C24H26FN3O5. The van der Waals surface area contributed by atoms with Crippen molar-refractivity contribution in [3.05, 3.63) is 59.4 Å². The predicted octanol–water partition coefficient (Wildman–Crippen LogP) is 2.59. The van der Waals surface area contributed by atoms with Crippen LogP contribution in [-0.2, 0) is 9.53 Å². The van der Waals surface area contributed by atoms with Gasteiger partial charge in [-0.3, -0.25) is 14.4 Å². The normalized spacial score (nSPS) is 22.2. The van der Waals surface area contributed by atoms with Crippen molar-refractivity contribution in [1.82, 2.24) is 10.2 Å². The minimum atomic E-state index is -0.626. The number of amides is 3. The number of carbonyl (C=O) groups excluding carboxylic acids is 3. The molecule has 174 valence electrons. The summed E-state index contributed by atoms with van der Waals surface area (Å²) in [6.07, 6.45) is 0.998. The monoisotopic (exact) mass is 455 g/mol. The maximum Gasteiger partial charge on any atom is 0.258 e. The highest BCUT2D eigenvalue weighted by atomic mass is 19.1. The number of rotatable bonds is 4. The molecule has 2 heterocycles. The molecule has 9 heteroatoms. The molecule has 1 fully saturated rings. The molecule has 8 nitrogen and oxygen atoms in total. The van der Waals surface area contributed by atoms with E-state index in [1.165, 1.54) is 24.3 Å². The van der Waals surface area contributed by atoms with Gasteiger partial charge in [-0.25, -0.2) is 4.39 Å². The van der Waals surface area contributed by atoms with Gasteiger partial charge in [-0.05, 0) is 43.2 Å². The summed E-state index contributed by atoms with van der Waals surface area (Å²) in [6.45, 7) is 0.223. The summed E-state index contributed by atoms with van der Waals surface area (Å²) < 4.78 is 25.9. The van der Waals surface area contributed by atoms with E-state index in [1.54, 1.807) is 37.2 Å². The van der Waals surface area contributed by atoms with Gasteiger partial charge in [0.2, 0.25) is 5.91 Å². The fourth-order valence-electron chi connectivity index (χ4n) is 4.26. The maximum absolute atomic E-state index is 13.9. The molecular weight excluding hydrogens is 429 g/mol. The fourth-order valence-corrected chi connectivity index (χ4v) is 4.26. The molecule has 0 unspecified atom stereocenters. The number of halogens is 1. The van der Waals surface area contributed by atoms with E-state index in [1.807, 2.05) is 0 Å². The molecule has 0 aliphatic carbocycles. The number of carbonyl (C=O) groups is 3. The van der Waals surface area contributed by atoms with Crippen molar-refractivity contribution >= 4 is 23.4 Å². The number of benzene rings is 2. The van der Waals surface area contributed by atoms with Crippen LogP contribution in [-0.4, -0.2) is 61.6 Å². The lowest BCUT2D eigenvalue weighted by molar-refractivity contribution is -0.133. The number of ether oxygens (including phenoxy) is 2. The summed E-state index contributed by atoms with van der Waals surface area (Å²) >= 11 is 0. The number of nitrogens with one attached hydrogen (secondary N) is 2. The minimum absolute atomic E-state index is 0.0857. The average molecular weight is 455 g/mol. The zero-order valence-electron chi connectivity index (χ0n) is 18.5. The van der Waals surface area contributed by atoms with Crippen molar-refractivity contribution in [2.75, 3.05) is 26.0 Å². The lowest BCUT2D eigenvalue weighted by Crippen LogP contribution is -2.53. The van der Waals surface area contributed by atoms with Crippen molar-refractivity contribution in [1.29, 1.82) is 0 Å². The largest absolute Gasteiger partial charge is 0.490 e. The second kappa shape index (κ2) is 9.58. The van der Waals surface area contributed by atoms with Crippen LogP contribution in [0.2, 0.25) is 0 Å². The van der Waals surface area contributed by atoms with E-state index >= 15 is 0 Å². The molecule has 3 atom stereocenters. The second-order valence-electron chi connectivity index (χ2n) is 8.19. The van der Waals surface area contributed by atoms with Gasteiger partial charge in [0.1, 0.15) is 24.3 Å². The third-order valence-corrected chi connectivity index (χ3v) is 6.08. The highest BCUT2D eigenvalue weighted by Gasteiger charge is 2.39. The van der Waals surface area contributed by atoms with Crippen LogP contribution >= 0.6 is 0 Å². The lowest BCUT2D eigenvalue weighted by atomic mass is 9.94. The van der Waals surface area contributed by atoms with E-state index in [0.29, 0.717) is 29.8 Å². The quantitative estimate of drug-likeness (QED) is 0.739. The minimum Gasteiger partial charge on any atom is -0.490 e. The summed E-state index contributed by atoms with van der Waals surface area (Å²) in [5, 5.41) is 5.24. The molecule has 0 aromatic heterocycles. The van der Waals surface area contributed by atoms with E-state index < -0.39 is 11.7 Å². The first kappa shape index (κ1) is 22.7. The van der Waals surface area contributed by atoms with Crippen LogP contribution in [0.1, 0.15) is 40.0 Å². The summed E-state index contributed by atoms with van der Waals surface area (Å²) in [5.41, 5.74) is 0.572. The molecule has 33 heavy (non-hydrogen) atoms. The molecule has 0 bridgehead atoms. The number of anilines is 1. The number of hydrogen-bond donors (Lipinski definition) is 2. The topological polar surface area (TPSA) is 97.0 Å². The van der Waals surface area contributed by atoms with Gasteiger partial charge in [-0.1, -0.05) is 12.1 Å². The molecule has 2 aliphatic heterocycles. The molecule has 4 rings (SSSR count). The number of fused-ring (bicyclic) bond motifs is 2. The summed E-state index contributed by atoms with van der Waals surface area (Å²) in [6, 6.07) is 10.2. The van der Waals surface area contributed by atoms with Crippen LogP contribution in [0.5, 0.6) is 5.75 Å². The van der Waals surface area contributed by atoms with Crippen LogP contribution in [0.15, 0.2) is 42.5 Å². The Bertz CT molecular complexity index is 1080. The Morgan fingerprint density at radius 1 is 1.18 bits per heavy atom. The number of likely N-dealkylation sites (N-methyl/N-ethyl adjacent to an activating group) is 1. The first-order valence-corrected chi connectivity index (χ1v) is 10.8.